The highest BCUT2D eigenvalue weighted by Crippen LogP contribution is 2.23. The molecule has 0 bridgehead atoms. The van der Waals surface area contributed by atoms with E-state index < -0.39 is 0 Å². The molecule has 0 aromatic heterocycles. The lowest BCUT2D eigenvalue weighted by molar-refractivity contribution is 0.813. The molecular weight excluding hydrogens is 172 g/mol. The van der Waals surface area contributed by atoms with Crippen molar-refractivity contribution in [2.24, 2.45) is 5.10 Å². The summed E-state index contributed by atoms with van der Waals surface area (Å²) in [6.45, 7) is 0.976. The number of hydrogen-bond acceptors (Lipinski definition) is 2. The van der Waals surface area contributed by atoms with Gasteiger partial charge >= 0.3 is 0 Å². The topological polar surface area (TPSA) is 24.4 Å². The van der Waals surface area contributed by atoms with E-state index in [1.807, 2.05) is 6.08 Å². The third kappa shape index (κ3) is 1.53. The van der Waals surface area contributed by atoms with Gasteiger partial charge in [-0.15, -0.1) is 0 Å². The molecule has 0 unspecified atom stereocenters. The standard InChI is InChI=1S/C9H11ClN2/c10-8-3-1-7(2-4-8)9-5-6-11-12-9/h1,3,11H,2,4-6H2. The molecule has 12 heavy (non-hydrogen) atoms. The molecule has 0 spiro atoms. The van der Waals surface area contributed by atoms with Gasteiger partial charge in [0.2, 0.25) is 0 Å². The Morgan fingerprint density at radius 1 is 1.25 bits per heavy atom. The molecule has 2 aliphatic rings. The molecule has 0 amide bonds. The number of nitrogens with one attached hydrogen (secondary N) is 1. The largest absolute Gasteiger partial charge is 0.309 e. The first kappa shape index (κ1) is 7.87. The molecule has 64 valence electrons. The normalized spacial score (nSPS) is 22.6. The molecule has 0 radical (unpaired) electrons. The highest BCUT2D eigenvalue weighted by atomic mass is 35.5. The van der Waals surface area contributed by atoms with Crippen molar-refractivity contribution in [2.45, 2.75) is 19.3 Å². The van der Waals surface area contributed by atoms with Crippen LogP contribution in [0.4, 0.5) is 0 Å². The first-order chi connectivity index (χ1) is 5.86. The Hall–Kier alpha value is -0.760. The third-order valence-electron chi connectivity index (χ3n) is 2.16. The van der Waals surface area contributed by atoms with Crippen LogP contribution in [0.1, 0.15) is 19.3 Å². The van der Waals surface area contributed by atoms with Gasteiger partial charge in [-0.2, -0.15) is 5.10 Å². The van der Waals surface area contributed by atoms with Crippen LogP contribution in [0.5, 0.6) is 0 Å². The lowest BCUT2D eigenvalue weighted by Gasteiger charge is -2.09. The second-order valence-corrected chi connectivity index (χ2v) is 3.51. The number of hydrogen-bond donors (Lipinski definition) is 1. The average molecular weight is 183 g/mol. The molecule has 1 N–H and O–H groups in total. The number of halogens is 1. The van der Waals surface area contributed by atoms with Crippen molar-refractivity contribution in [1.29, 1.82) is 0 Å². The van der Waals surface area contributed by atoms with E-state index in [2.05, 4.69) is 16.6 Å². The Morgan fingerprint density at radius 3 is 2.75 bits per heavy atom. The van der Waals surface area contributed by atoms with Crippen LogP contribution in [0.2, 0.25) is 0 Å². The fraction of sp³-hybridized carbons (Fsp3) is 0.444. The number of rotatable bonds is 1. The van der Waals surface area contributed by atoms with Crippen LogP contribution < -0.4 is 5.43 Å². The molecule has 2 nitrogen and oxygen atoms in total. The lowest BCUT2D eigenvalue weighted by atomic mass is 9.99. The highest BCUT2D eigenvalue weighted by molar-refractivity contribution is 6.29. The zero-order valence-corrected chi connectivity index (χ0v) is 7.56. The summed E-state index contributed by atoms with van der Waals surface area (Å²) in [5, 5.41) is 5.16. The Morgan fingerprint density at radius 2 is 2.17 bits per heavy atom. The fourth-order valence-corrected chi connectivity index (χ4v) is 1.62. The summed E-state index contributed by atoms with van der Waals surface area (Å²) in [6, 6.07) is 0. The Bertz CT molecular complexity index is 276. The van der Waals surface area contributed by atoms with E-state index in [0.717, 1.165) is 30.8 Å². The van der Waals surface area contributed by atoms with Gasteiger partial charge in [-0.05, 0) is 24.5 Å². The summed E-state index contributed by atoms with van der Waals surface area (Å²) in [5.74, 6) is 0. The van der Waals surface area contributed by atoms with Crippen molar-refractivity contribution in [3.05, 3.63) is 22.8 Å². The molecule has 3 heteroatoms. The molecule has 0 saturated heterocycles. The molecule has 0 saturated carbocycles. The van der Waals surface area contributed by atoms with Crippen molar-refractivity contribution in [2.75, 3.05) is 6.54 Å². The maximum atomic E-state index is 5.85. The van der Waals surface area contributed by atoms with Crippen LogP contribution in [0.3, 0.4) is 0 Å². The van der Waals surface area contributed by atoms with E-state index in [-0.39, 0.29) is 0 Å². The van der Waals surface area contributed by atoms with E-state index in [1.165, 1.54) is 11.3 Å². The van der Waals surface area contributed by atoms with Gasteiger partial charge in [-0.3, -0.25) is 0 Å². The van der Waals surface area contributed by atoms with Gasteiger partial charge in [-0.1, -0.05) is 17.7 Å². The summed E-state index contributed by atoms with van der Waals surface area (Å²) in [7, 11) is 0. The van der Waals surface area contributed by atoms with Crippen LogP contribution in [-0.4, -0.2) is 12.3 Å². The fourth-order valence-electron chi connectivity index (χ4n) is 1.47. The third-order valence-corrected chi connectivity index (χ3v) is 2.47. The molecule has 1 heterocycles. The average Bonchev–Trinajstić information content (AvgIpc) is 2.58. The van der Waals surface area contributed by atoms with E-state index >= 15 is 0 Å². The van der Waals surface area contributed by atoms with Gasteiger partial charge in [0.25, 0.3) is 0 Å². The summed E-state index contributed by atoms with van der Waals surface area (Å²) < 4.78 is 0. The summed E-state index contributed by atoms with van der Waals surface area (Å²) >= 11 is 5.85. The van der Waals surface area contributed by atoms with Crippen LogP contribution in [0, 0.1) is 0 Å². The van der Waals surface area contributed by atoms with Crippen molar-refractivity contribution < 1.29 is 0 Å². The summed E-state index contributed by atoms with van der Waals surface area (Å²) in [5.41, 5.74) is 5.52. The Kier molecular flexibility index (Phi) is 2.17. The minimum atomic E-state index is 0.949. The quantitative estimate of drug-likeness (QED) is 0.661. The van der Waals surface area contributed by atoms with E-state index in [9.17, 15) is 0 Å². The zero-order chi connectivity index (χ0) is 8.39. The first-order valence-corrected chi connectivity index (χ1v) is 4.59. The summed E-state index contributed by atoms with van der Waals surface area (Å²) in [4.78, 5) is 0. The molecular formula is C9H11ClN2. The van der Waals surface area contributed by atoms with Crippen molar-refractivity contribution in [3.63, 3.8) is 0 Å². The van der Waals surface area contributed by atoms with Gasteiger partial charge in [-0.25, -0.2) is 0 Å². The number of hydrazone groups is 1. The van der Waals surface area contributed by atoms with Gasteiger partial charge in [0.05, 0.1) is 5.71 Å². The maximum absolute atomic E-state index is 5.85. The van der Waals surface area contributed by atoms with Crippen LogP contribution in [0.25, 0.3) is 0 Å². The number of allylic oxidation sites excluding steroid dienone is 4. The monoisotopic (exact) mass is 182 g/mol. The molecule has 1 aliphatic carbocycles. The van der Waals surface area contributed by atoms with Crippen LogP contribution in [0.15, 0.2) is 27.9 Å². The van der Waals surface area contributed by atoms with E-state index in [1.54, 1.807) is 0 Å². The summed E-state index contributed by atoms with van der Waals surface area (Å²) in [6.07, 6.45) is 7.11. The number of nitrogens with zero attached hydrogens (tertiary/aromatic N) is 1. The molecule has 0 aromatic rings. The first-order valence-electron chi connectivity index (χ1n) is 4.21. The van der Waals surface area contributed by atoms with E-state index in [0.29, 0.717) is 0 Å². The second-order valence-electron chi connectivity index (χ2n) is 3.02. The smallest absolute Gasteiger partial charge is 0.0653 e. The van der Waals surface area contributed by atoms with Crippen LogP contribution >= 0.6 is 11.6 Å². The molecule has 0 fully saturated rings. The zero-order valence-electron chi connectivity index (χ0n) is 6.81. The van der Waals surface area contributed by atoms with Crippen LogP contribution in [-0.2, 0) is 0 Å². The molecule has 0 atom stereocenters. The molecule has 0 aromatic carbocycles. The highest BCUT2D eigenvalue weighted by Gasteiger charge is 2.13. The Balaban J connectivity index is 2.14. The van der Waals surface area contributed by atoms with Gasteiger partial charge in [0.1, 0.15) is 0 Å². The van der Waals surface area contributed by atoms with Crippen molar-refractivity contribution >= 4 is 17.3 Å². The van der Waals surface area contributed by atoms with Crippen molar-refractivity contribution in [3.8, 4) is 0 Å². The predicted octanol–water partition coefficient (Wildman–Crippen LogP) is 2.18. The predicted molar refractivity (Wildman–Crippen MR) is 51.3 cm³/mol. The molecule has 2 rings (SSSR count). The lowest BCUT2D eigenvalue weighted by Crippen LogP contribution is -2.02. The minimum absolute atomic E-state index is 0.949. The SMILES string of the molecule is ClC1=CC=C(C2=NNCC2)CC1. The second kappa shape index (κ2) is 3.31. The van der Waals surface area contributed by atoms with Crippen molar-refractivity contribution in [1.82, 2.24) is 5.43 Å². The van der Waals surface area contributed by atoms with Gasteiger partial charge in [0.15, 0.2) is 0 Å². The molecule has 1 aliphatic heterocycles. The minimum Gasteiger partial charge on any atom is -0.309 e. The van der Waals surface area contributed by atoms with E-state index in [4.69, 9.17) is 11.6 Å². The van der Waals surface area contributed by atoms with Gasteiger partial charge in [0, 0.05) is 18.0 Å². The van der Waals surface area contributed by atoms with Gasteiger partial charge < -0.3 is 5.43 Å². The maximum Gasteiger partial charge on any atom is 0.0653 e. The Labute approximate surface area is 77.0 Å².